The second-order valence-corrected chi connectivity index (χ2v) is 6.05. The first-order chi connectivity index (χ1) is 8.58. The summed E-state index contributed by atoms with van der Waals surface area (Å²) in [6, 6.07) is 4.86. The van der Waals surface area contributed by atoms with E-state index in [0.717, 1.165) is 30.7 Å². The zero-order valence-electron chi connectivity index (χ0n) is 11.9. The minimum absolute atomic E-state index is 0.0668. The van der Waals surface area contributed by atoms with Crippen LogP contribution < -0.4 is 10.6 Å². The number of nitrogens with one attached hydrogen (secondary N) is 2. The molecule has 2 heterocycles. The predicted octanol–water partition coefficient (Wildman–Crippen LogP) is 2.60. The molecule has 3 heteroatoms. The highest BCUT2D eigenvalue weighted by atomic mass is 16.3. The first-order valence-corrected chi connectivity index (χ1v) is 7.09. The molecule has 0 aliphatic carbocycles. The van der Waals surface area contributed by atoms with Gasteiger partial charge in [0.25, 0.3) is 0 Å². The van der Waals surface area contributed by atoms with Crippen molar-refractivity contribution in [2.45, 2.75) is 51.5 Å². The van der Waals surface area contributed by atoms with Gasteiger partial charge in [-0.2, -0.15) is 0 Å². The summed E-state index contributed by atoms with van der Waals surface area (Å²) in [7, 11) is 0. The molecule has 1 fully saturated rings. The van der Waals surface area contributed by atoms with Gasteiger partial charge in [-0.1, -0.05) is 13.8 Å². The van der Waals surface area contributed by atoms with Gasteiger partial charge in [0.1, 0.15) is 11.5 Å². The van der Waals surface area contributed by atoms with Gasteiger partial charge >= 0.3 is 0 Å². The van der Waals surface area contributed by atoms with Gasteiger partial charge in [-0.15, -0.1) is 0 Å². The van der Waals surface area contributed by atoms with Crippen LogP contribution in [0.5, 0.6) is 0 Å². The average molecular weight is 250 g/mol. The van der Waals surface area contributed by atoms with E-state index in [0.29, 0.717) is 0 Å². The SMILES string of the molecule is Cc1ccc(C(C)(C)CNCCC2CCCN2)o1. The van der Waals surface area contributed by atoms with Crippen molar-refractivity contribution in [3.05, 3.63) is 23.7 Å². The third-order valence-corrected chi connectivity index (χ3v) is 3.81. The fraction of sp³-hybridized carbons (Fsp3) is 0.733. The Bertz CT molecular complexity index is 364. The molecule has 1 aliphatic heterocycles. The van der Waals surface area contributed by atoms with Gasteiger partial charge in [-0.3, -0.25) is 0 Å². The summed E-state index contributed by atoms with van der Waals surface area (Å²) >= 11 is 0. The summed E-state index contributed by atoms with van der Waals surface area (Å²) in [4.78, 5) is 0. The van der Waals surface area contributed by atoms with Crippen molar-refractivity contribution in [3.8, 4) is 0 Å². The smallest absolute Gasteiger partial charge is 0.111 e. The number of hydrogen-bond donors (Lipinski definition) is 2. The Labute approximate surface area is 110 Å². The highest BCUT2D eigenvalue weighted by molar-refractivity contribution is 5.15. The average Bonchev–Trinajstić information content (AvgIpc) is 2.95. The van der Waals surface area contributed by atoms with E-state index in [9.17, 15) is 0 Å². The molecule has 1 unspecified atom stereocenters. The summed E-state index contributed by atoms with van der Waals surface area (Å²) in [6.45, 7) is 9.70. The van der Waals surface area contributed by atoms with Gasteiger partial charge in [0.15, 0.2) is 0 Å². The van der Waals surface area contributed by atoms with Crippen LogP contribution in [0.25, 0.3) is 0 Å². The van der Waals surface area contributed by atoms with Crippen LogP contribution in [-0.4, -0.2) is 25.7 Å². The van der Waals surface area contributed by atoms with Crippen LogP contribution in [0.15, 0.2) is 16.5 Å². The maximum atomic E-state index is 5.73. The standard InChI is InChI=1S/C15H26N2O/c1-12-6-7-14(18-12)15(2,3)11-16-10-8-13-5-4-9-17-13/h6-7,13,16-17H,4-5,8-11H2,1-3H3. The van der Waals surface area contributed by atoms with Crippen LogP contribution in [0.4, 0.5) is 0 Å². The minimum Gasteiger partial charge on any atom is -0.466 e. The van der Waals surface area contributed by atoms with Crippen molar-refractivity contribution >= 4 is 0 Å². The van der Waals surface area contributed by atoms with Crippen molar-refractivity contribution in [3.63, 3.8) is 0 Å². The molecule has 0 saturated carbocycles. The Balaban J connectivity index is 1.71. The van der Waals surface area contributed by atoms with Crippen molar-refractivity contribution < 1.29 is 4.42 Å². The second kappa shape index (κ2) is 5.89. The van der Waals surface area contributed by atoms with E-state index in [4.69, 9.17) is 4.42 Å². The summed E-state index contributed by atoms with van der Waals surface area (Å²) in [5, 5.41) is 7.09. The third kappa shape index (κ3) is 3.59. The lowest BCUT2D eigenvalue weighted by atomic mass is 9.90. The van der Waals surface area contributed by atoms with E-state index in [1.54, 1.807) is 0 Å². The molecule has 1 saturated heterocycles. The highest BCUT2D eigenvalue weighted by Gasteiger charge is 2.23. The molecule has 3 nitrogen and oxygen atoms in total. The molecule has 0 radical (unpaired) electrons. The van der Waals surface area contributed by atoms with E-state index in [1.807, 2.05) is 13.0 Å². The Morgan fingerprint density at radius 2 is 2.28 bits per heavy atom. The minimum atomic E-state index is 0.0668. The van der Waals surface area contributed by atoms with Crippen molar-refractivity contribution in [2.75, 3.05) is 19.6 Å². The molecule has 18 heavy (non-hydrogen) atoms. The van der Waals surface area contributed by atoms with Gasteiger partial charge in [0, 0.05) is 18.0 Å². The van der Waals surface area contributed by atoms with Crippen LogP contribution in [0.1, 0.15) is 44.6 Å². The van der Waals surface area contributed by atoms with E-state index >= 15 is 0 Å². The summed E-state index contributed by atoms with van der Waals surface area (Å²) in [5.41, 5.74) is 0.0668. The van der Waals surface area contributed by atoms with E-state index in [-0.39, 0.29) is 5.41 Å². The largest absolute Gasteiger partial charge is 0.466 e. The Morgan fingerprint density at radius 1 is 1.44 bits per heavy atom. The summed E-state index contributed by atoms with van der Waals surface area (Å²) < 4.78 is 5.73. The third-order valence-electron chi connectivity index (χ3n) is 3.81. The molecular weight excluding hydrogens is 224 g/mol. The maximum absolute atomic E-state index is 5.73. The number of furan rings is 1. The number of hydrogen-bond acceptors (Lipinski definition) is 3. The second-order valence-electron chi connectivity index (χ2n) is 6.05. The zero-order chi connectivity index (χ0) is 13.0. The van der Waals surface area contributed by atoms with Crippen LogP contribution in [0.3, 0.4) is 0 Å². The number of aryl methyl sites for hydroxylation is 1. The van der Waals surface area contributed by atoms with Crippen molar-refractivity contribution in [2.24, 2.45) is 0 Å². The summed E-state index contributed by atoms with van der Waals surface area (Å²) in [5.74, 6) is 2.07. The maximum Gasteiger partial charge on any atom is 0.111 e. The molecule has 2 N–H and O–H groups in total. The molecule has 1 aliphatic rings. The van der Waals surface area contributed by atoms with Crippen LogP contribution in [0, 0.1) is 6.92 Å². The molecule has 0 aromatic carbocycles. The highest BCUT2D eigenvalue weighted by Crippen LogP contribution is 2.24. The molecule has 1 aromatic rings. The molecule has 0 amide bonds. The first kappa shape index (κ1) is 13.6. The van der Waals surface area contributed by atoms with Gasteiger partial charge in [0.05, 0.1) is 0 Å². The first-order valence-electron chi connectivity index (χ1n) is 7.09. The molecule has 2 rings (SSSR count). The van der Waals surface area contributed by atoms with Gasteiger partial charge < -0.3 is 15.1 Å². The van der Waals surface area contributed by atoms with Crippen LogP contribution in [-0.2, 0) is 5.41 Å². The molecule has 0 spiro atoms. The van der Waals surface area contributed by atoms with Gasteiger partial charge in [0.2, 0.25) is 0 Å². The molecule has 102 valence electrons. The fourth-order valence-electron chi connectivity index (χ4n) is 2.57. The van der Waals surface area contributed by atoms with Gasteiger partial charge in [-0.05, 0) is 51.4 Å². The topological polar surface area (TPSA) is 37.2 Å². The fourth-order valence-corrected chi connectivity index (χ4v) is 2.57. The van der Waals surface area contributed by atoms with Crippen molar-refractivity contribution in [1.82, 2.24) is 10.6 Å². The van der Waals surface area contributed by atoms with Gasteiger partial charge in [-0.25, -0.2) is 0 Å². The van der Waals surface area contributed by atoms with Crippen LogP contribution in [0.2, 0.25) is 0 Å². The molecular formula is C15H26N2O. The van der Waals surface area contributed by atoms with Crippen LogP contribution >= 0.6 is 0 Å². The normalized spacial score (nSPS) is 20.5. The Morgan fingerprint density at radius 3 is 2.89 bits per heavy atom. The predicted molar refractivity (Wildman–Crippen MR) is 75.0 cm³/mol. The zero-order valence-corrected chi connectivity index (χ0v) is 11.9. The number of rotatable bonds is 6. The lowest BCUT2D eigenvalue weighted by Gasteiger charge is -2.23. The Hall–Kier alpha value is -0.800. The van der Waals surface area contributed by atoms with E-state index < -0.39 is 0 Å². The van der Waals surface area contributed by atoms with Crippen molar-refractivity contribution in [1.29, 1.82) is 0 Å². The molecule has 0 bridgehead atoms. The Kier molecular flexibility index (Phi) is 4.46. The monoisotopic (exact) mass is 250 g/mol. The molecule has 1 atom stereocenters. The quantitative estimate of drug-likeness (QED) is 0.762. The van der Waals surface area contributed by atoms with E-state index in [2.05, 4.69) is 30.5 Å². The van der Waals surface area contributed by atoms with E-state index in [1.165, 1.54) is 25.8 Å². The summed E-state index contributed by atoms with van der Waals surface area (Å²) in [6.07, 6.45) is 3.90. The lowest BCUT2D eigenvalue weighted by Crippen LogP contribution is -2.35. The lowest BCUT2D eigenvalue weighted by molar-refractivity contribution is 0.354. The molecule has 1 aromatic heterocycles.